The third-order valence-electron chi connectivity index (χ3n) is 2.18. The van der Waals surface area contributed by atoms with Gasteiger partial charge in [0.05, 0.1) is 5.75 Å². The monoisotopic (exact) mass is 238 g/mol. The fourth-order valence-electron chi connectivity index (χ4n) is 1.40. The van der Waals surface area contributed by atoms with Crippen LogP contribution in [0.3, 0.4) is 0 Å². The van der Waals surface area contributed by atoms with Crippen molar-refractivity contribution in [1.29, 1.82) is 0 Å². The Morgan fingerprint density at radius 1 is 1.36 bits per heavy atom. The van der Waals surface area contributed by atoms with Gasteiger partial charge in [-0.25, -0.2) is 13.1 Å². The van der Waals surface area contributed by atoms with E-state index in [1.165, 1.54) is 0 Å². The van der Waals surface area contributed by atoms with Gasteiger partial charge in [0.15, 0.2) is 0 Å². The molecule has 0 spiro atoms. The van der Waals surface area contributed by atoms with Crippen LogP contribution >= 0.6 is 11.8 Å². The van der Waals surface area contributed by atoms with E-state index in [0.717, 1.165) is 24.3 Å². The average molecular weight is 238 g/mol. The molecule has 1 rings (SSSR count). The van der Waals surface area contributed by atoms with Crippen molar-refractivity contribution in [1.82, 2.24) is 4.72 Å². The molecule has 1 fully saturated rings. The Bertz CT molecular complexity index is 248. The second-order valence-corrected chi connectivity index (χ2v) is 6.56. The van der Waals surface area contributed by atoms with Crippen LogP contribution in [0.25, 0.3) is 0 Å². The van der Waals surface area contributed by atoms with Crippen LogP contribution in [0.4, 0.5) is 0 Å². The summed E-state index contributed by atoms with van der Waals surface area (Å²) >= 11 is 1.89. The molecule has 4 nitrogen and oxygen atoms in total. The van der Waals surface area contributed by atoms with Gasteiger partial charge in [0.1, 0.15) is 0 Å². The highest BCUT2D eigenvalue weighted by molar-refractivity contribution is 7.99. The minimum atomic E-state index is -3.08. The summed E-state index contributed by atoms with van der Waals surface area (Å²) in [6.07, 6.45) is 2.44. The van der Waals surface area contributed by atoms with Gasteiger partial charge < -0.3 is 5.73 Å². The van der Waals surface area contributed by atoms with E-state index in [1.807, 2.05) is 11.8 Å². The molecule has 0 bridgehead atoms. The number of nitrogens with one attached hydrogen (secondary N) is 1. The third kappa shape index (κ3) is 4.63. The number of hydrogen-bond donors (Lipinski definition) is 2. The van der Waals surface area contributed by atoms with E-state index >= 15 is 0 Å². The van der Waals surface area contributed by atoms with Crippen LogP contribution < -0.4 is 10.5 Å². The van der Waals surface area contributed by atoms with Gasteiger partial charge in [-0.05, 0) is 37.3 Å². The quantitative estimate of drug-likeness (QED) is 0.715. The van der Waals surface area contributed by atoms with Crippen molar-refractivity contribution in [3.05, 3.63) is 0 Å². The molecule has 0 saturated carbocycles. The van der Waals surface area contributed by atoms with E-state index in [0.29, 0.717) is 13.0 Å². The molecule has 0 radical (unpaired) electrons. The van der Waals surface area contributed by atoms with Crippen LogP contribution in [0.1, 0.15) is 19.3 Å². The summed E-state index contributed by atoms with van der Waals surface area (Å²) in [5.41, 5.74) is 5.27. The fraction of sp³-hybridized carbons (Fsp3) is 1.00. The zero-order chi connectivity index (χ0) is 10.4. The molecule has 0 amide bonds. The highest BCUT2D eigenvalue weighted by Crippen LogP contribution is 2.17. The van der Waals surface area contributed by atoms with Crippen molar-refractivity contribution in [3.63, 3.8) is 0 Å². The van der Waals surface area contributed by atoms with E-state index in [2.05, 4.69) is 4.72 Å². The summed E-state index contributed by atoms with van der Waals surface area (Å²) in [5, 5.41) is 0. The van der Waals surface area contributed by atoms with Gasteiger partial charge in [-0.2, -0.15) is 11.8 Å². The van der Waals surface area contributed by atoms with Crippen molar-refractivity contribution < 1.29 is 8.42 Å². The molecule has 0 atom stereocenters. The van der Waals surface area contributed by atoms with Crippen LogP contribution in [0.15, 0.2) is 0 Å². The first-order valence-electron chi connectivity index (χ1n) is 4.92. The van der Waals surface area contributed by atoms with Crippen LogP contribution in [0.2, 0.25) is 0 Å². The minimum Gasteiger partial charge on any atom is -0.330 e. The molecule has 1 aliphatic heterocycles. The summed E-state index contributed by atoms with van der Waals surface area (Å²) in [7, 11) is -3.08. The topological polar surface area (TPSA) is 72.2 Å². The van der Waals surface area contributed by atoms with Gasteiger partial charge in [0.25, 0.3) is 0 Å². The molecule has 84 valence electrons. The third-order valence-corrected chi connectivity index (χ3v) is 4.75. The number of sulfonamides is 1. The number of rotatable bonds is 5. The van der Waals surface area contributed by atoms with Gasteiger partial charge in [0.2, 0.25) is 10.0 Å². The molecule has 1 saturated heterocycles. The van der Waals surface area contributed by atoms with E-state index in [4.69, 9.17) is 5.73 Å². The summed E-state index contributed by atoms with van der Waals surface area (Å²) in [6, 6.07) is 0.152. The number of thioether (sulfide) groups is 1. The molecule has 1 heterocycles. The lowest BCUT2D eigenvalue weighted by atomic mass is 10.2. The van der Waals surface area contributed by atoms with E-state index in [9.17, 15) is 8.42 Å². The number of hydrogen-bond acceptors (Lipinski definition) is 4. The maximum absolute atomic E-state index is 11.5. The van der Waals surface area contributed by atoms with Crippen LogP contribution in [0, 0.1) is 0 Å². The average Bonchev–Trinajstić information content (AvgIpc) is 2.16. The zero-order valence-electron chi connectivity index (χ0n) is 8.24. The van der Waals surface area contributed by atoms with Crippen LogP contribution in [-0.4, -0.2) is 38.3 Å². The molecule has 0 unspecified atom stereocenters. The highest BCUT2D eigenvalue weighted by Gasteiger charge is 2.19. The van der Waals surface area contributed by atoms with Gasteiger partial charge in [-0.1, -0.05) is 0 Å². The van der Waals surface area contributed by atoms with Gasteiger partial charge in [0, 0.05) is 6.04 Å². The van der Waals surface area contributed by atoms with Crippen LogP contribution in [0.5, 0.6) is 0 Å². The standard InChI is InChI=1S/C8H18N2O2S2/c9-4-1-7-14(11,12)10-8-2-5-13-6-3-8/h8,10H,1-7,9H2. The van der Waals surface area contributed by atoms with E-state index in [1.54, 1.807) is 0 Å². The normalized spacial score (nSPS) is 19.8. The molecule has 6 heteroatoms. The molecule has 14 heavy (non-hydrogen) atoms. The first kappa shape index (κ1) is 12.3. The summed E-state index contributed by atoms with van der Waals surface area (Å²) in [6.45, 7) is 0.432. The lowest BCUT2D eigenvalue weighted by Crippen LogP contribution is -2.38. The first-order valence-corrected chi connectivity index (χ1v) is 7.72. The van der Waals surface area contributed by atoms with Crippen LogP contribution in [-0.2, 0) is 10.0 Å². The Morgan fingerprint density at radius 3 is 2.57 bits per heavy atom. The lowest BCUT2D eigenvalue weighted by molar-refractivity contribution is 0.527. The minimum absolute atomic E-state index is 0.152. The van der Waals surface area contributed by atoms with E-state index in [-0.39, 0.29) is 11.8 Å². The SMILES string of the molecule is NCCCS(=O)(=O)NC1CCSCC1. The van der Waals surface area contributed by atoms with Crippen molar-refractivity contribution in [3.8, 4) is 0 Å². The Hall–Kier alpha value is 0.220. The predicted molar refractivity (Wildman–Crippen MR) is 60.9 cm³/mol. The molecule has 0 aromatic carbocycles. The van der Waals surface area contributed by atoms with Crippen molar-refractivity contribution >= 4 is 21.8 Å². The molecular formula is C8H18N2O2S2. The molecule has 0 aromatic rings. The summed E-state index contributed by atoms with van der Waals surface area (Å²) in [4.78, 5) is 0. The Balaban J connectivity index is 2.33. The van der Waals surface area contributed by atoms with Crippen molar-refractivity contribution in [2.24, 2.45) is 5.73 Å². The maximum Gasteiger partial charge on any atom is 0.211 e. The van der Waals surface area contributed by atoms with Crippen molar-refractivity contribution in [2.75, 3.05) is 23.8 Å². The van der Waals surface area contributed by atoms with Gasteiger partial charge in [-0.3, -0.25) is 0 Å². The molecule has 3 N–H and O–H groups in total. The molecule has 1 aliphatic rings. The van der Waals surface area contributed by atoms with Crippen molar-refractivity contribution in [2.45, 2.75) is 25.3 Å². The Labute approximate surface area is 90.1 Å². The molecular weight excluding hydrogens is 220 g/mol. The zero-order valence-corrected chi connectivity index (χ0v) is 9.87. The highest BCUT2D eigenvalue weighted by atomic mass is 32.2. The second-order valence-electron chi connectivity index (χ2n) is 3.47. The number of nitrogens with two attached hydrogens (primary N) is 1. The maximum atomic E-state index is 11.5. The molecule has 0 aliphatic carbocycles. The Kier molecular flexibility index (Phi) is 5.22. The van der Waals surface area contributed by atoms with Gasteiger partial charge in [-0.15, -0.1) is 0 Å². The lowest BCUT2D eigenvalue weighted by Gasteiger charge is -2.22. The largest absolute Gasteiger partial charge is 0.330 e. The second kappa shape index (κ2) is 5.95. The van der Waals surface area contributed by atoms with E-state index < -0.39 is 10.0 Å². The fourth-order valence-corrected chi connectivity index (χ4v) is 3.92. The Morgan fingerprint density at radius 2 is 2.00 bits per heavy atom. The predicted octanol–water partition coefficient (Wildman–Crippen LogP) is 0.150. The summed E-state index contributed by atoms with van der Waals surface area (Å²) in [5.74, 6) is 2.28. The smallest absolute Gasteiger partial charge is 0.211 e. The summed E-state index contributed by atoms with van der Waals surface area (Å²) < 4.78 is 25.7. The molecule has 0 aromatic heterocycles. The first-order chi connectivity index (χ1) is 6.64. The van der Waals surface area contributed by atoms with Gasteiger partial charge >= 0.3 is 0 Å².